The monoisotopic (exact) mass is 379 g/mol. The Balaban J connectivity index is 1.64. The summed E-state index contributed by atoms with van der Waals surface area (Å²) in [6, 6.07) is 6.03. The minimum Gasteiger partial charge on any atom is -0.352 e. The van der Waals surface area contributed by atoms with E-state index >= 15 is 0 Å². The third kappa shape index (κ3) is 3.75. The van der Waals surface area contributed by atoms with Gasteiger partial charge in [0.05, 0.1) is 5.92 Å². The molecule has 0 aliphatic carbocycles. The van der Waals surface area contributed by atoms with Crippen LogP contribution in [0, 0.1) is 12.8 Å². The van der Waals surface area contributed by atoms with Crippen molar-refractivity contribution >= 4 is 33.4 Å². The smallest absolute Gasteiger partial charge is 0.227 e. The van der Waals surface area contributed by atoms with E-state index in [9.17, 15) is 9.59 Å². The van der Waals surface area contributed by atoms with Crippen molar-refractivity contribution in [2.75, 3.05) is 24.5 Å². The van der Waals surface area contributed by atoms with E-state index < -0.39 is 0 Å². The summed E-state index contributed by atoms with van der Waals surface area (Å²) in [4.78, 5) is 26.5. The highest BCUT2D eigenvalue weighted by Crippen LogP contribution is 2.28. The molecule has 1 aromatic rings. The van der Waals surface area contributed by atoms with Gasteiger partial charge in [-0.3, -0.25) is 9.59 Å². The molecule has 5 nitrogen and oxygen atoms in total. The van der Waals surface area contributed by atoms with Gasteiger partial charge in [0.15, 0.2) is 0 Å². The van der Waals surface area contributed by atoms with Gasteiger partial charge in [-0.15, -0.1) is 0 Å². The highest BCUT2D eigenvalue weighted by atomic mass is 79.9. The molecule has 3 rings (SSSR count). The lowest BCUT2D eigenvalue weighted by atomic mass is 10.0. The van der Waals surface area contributed by atoms with Crippen LogP contribution in [-0.4, -0.2) is 37.5 Å². The third-order valence-electron chi connectivity index (χ3n) is 4.59. The maximum absolute atomic E-state index is 12.4. The van der Waals surface area contributed by atoms with Gasteiger partial charge >= 0.3 is 0 Å². The number of nitrogens with zero attached hydrogens (tertiary/aromatic N) is 1. The van der Waals surface area contributed by atoms with E-state index in [0.717, 1.165) is 41.7 Å². The Bertz CT molecular complexity index is 614. The molecule has 2 heterocycles. The van der Waals surface area contributed by atoms with E-state index in [4.69, 9.17) is 0 Å². The molecule has 23 heavy (non-hydrogen) atoms. The molecule has 2 N–H and O–H groups in total. The molecule has 0 spiro atoms. The number of aryl methyl sites for hydroxylation is 1. The van der Waals surface area contributed by atoms with Crippen LogP contribution < -0.4 is 15.5 Å². The van der Waals surface area contributed by atoms with Crippen LogP contribution in [0.15, 0.2) is 22.7 Å². The molecule has 1 unspecified atom stereocenters. The van der Waals surface area contributed by atoms with Crippen molar-refractivity contribution in [1.29, 1.82) is 0 Å². The first-order chi connectivity index (χ1) is 11.0. The standard InChI is InChI=1S/C17H22BrN3O2/c1-11-7-14(4-5-15(11)18)21-10-12(8-16(21)22)17(23)20-13-3-2-6-19-9-13/h4-5,7,12-13,19H,2-3,6,8-10H2,1H3,(H,20,23)/t12?,13-/m0/s1. The first kappa shape index (κ1) is 16.5. The van der Waals surface area contributed by atoms with Gasteiger partial charge in [-0.2, -0.15) is 0 Å². The summed E-state index contributed by atoms with van der Waals surface area (Å²) in [6.45, 7) is 4.30. The minimum absolute atomic E-state index is 0.00313. The van der Waals surface area contributed by atoms with Gasteiger partial charge in [-0.25, -0.2) is 0 Å². The van der Waals surface area contributed by atoms with Crippen LogP contribution in [0.1, 0.15) is 24.8 Å². The van der Waals surface area contributed by atoms with Crippen LogP contribution >= 0.6 is 15.9 Å². The van der Waals surface area contributed by atoms with E-state index in [1.165, 1.54) is 0 Å². The average Bonchev–Trinajstić information content (AvgIpc) is 2.93. The number of hydrogen-bond donors (Lipinski definition) is 2. The van der Waals surface area contributed by atoms with Crippen molar-refractivity contribution < 1.29 is 9.59 Å². The SMILES string of the molecule is Cc1cc(N2CC(C(=O)N[C@H]3CCCNC3)CC2=O)ccc1Br. The van der Waals surface area contributed by atoms with Crippen molar-refractivity contribution in [1.82, 2.24) is 10.6 Å². The Morgan fingerprint density at radius 2 is 2.26 bits per heavy atom. The summed E-state index contributed by atoms with van der Waals surface area (Å²) in [6.07, 6.45) is 2.38. The van der Waals surface area contributed by atoms with Gasteiger partial charge in [0.25, 0.3) is 0 Å². The average molecular weight is 380 g/mol. The lowest BCUT2D eigenvalue weighted by Crippen LogP contribution is -2.47. The van der Waals surface area contributed by atoms with Gasteiger partial charge < -0.3 is 15.5 Å². The zero-order valence-electron chi connectivity index (χ0n) is 13.3. The van der Waals surface area contributed by atoms with Gasteiger partial charge in [0, 0.05) is 35.7 Å². The largest absolute Gasteiger partial charge is 0.352 e. The molecular weight excluding hydrogens is 358 g/mol. The number of carbonyl (C=O) groups excluding carboxylic acids is 2. The molecule has 0 saturated carbocycles. The van der Waals surface area contributed by atoms with Gasteiger partial charge in [0.1, 0.15) is 0 Å². The number of halogens is 1. The minimum atomic E-state index is -0.256. The Kier molecular flexibility index (Phi) is 5.02. The molecule has 0 aromatic heterocycles. The highest BCUT2D eigenvalue weighted by Gasteiger charge is 2.36. The molecule has 2 saturated heterocycles. The number of carbonyl (C=O) groups is 2. The lowest BCUT2D eigenvalue weighted by molar-refractivity contribution is -0.127. The third-order valence-corrected chi connectivity index (χ3v) is 5.48. The summed E-state index contributed by atoms with van der Waals surface area (Å²) in [5.41, 5.74) is 1.95. The van der Waals surface area contributed by atoms with Crippen LogP contribution in [0.2, 0.25) is 0 Å². The Labute approximate surface area is 144 Å². The summed E-state index contributed by atoms with van der Waals surface area (Å²) in [5.74, 6) is -0.231. The second-order valence-corrected chi connectivity index (χ2v) is 7.25. The van der Waals surface area contributed by atoms with Crippen LogP contribution in [0.25, 0.3) is 0 Å². The maximum Gasteiger partial charge on any atom is 0.227 e. The van der Waals surface area contributed by atoms with Crippen molar-refractivity contribution in [2.45, 2.75) is 32.2 Å². The van der Waals surface area contributed by atoms with Gasteiger partial charge in [-0.1, -0.05) is 15.9 Å². The Morgan fingerprint density at radius 3 is 2.96 bits per heavy atom. The van der Waals surface area contributed by atoms with Crippen molar-refractivity contribution in [3.63, 3.8) is 0 Å². The summed E-state index contributed by atoms with van der Waals surface area (Å²) < 4.78 is 1.02. The molecule has 2 amide bonds. The lowest BCUT2D eigenvalue weighted by Gasteiger charge is -2.25. The number of hydrogen-bond acceptors (Lipinski definition) is 3. The fourth-order valence-corrected chi connectivity index (χ4v) is 3.47. The fraction of sp³-hybridized carbons (Fsp3) is 0.529. The van der Waals surface area contributed by atoms with Crippen molar-refractivity contribution in [3.8, 4) is 0 Å². The van der Waals surface area contributed by atoms with E-state index in [-0.39, 0.29) is 23.8 Å². The summed E-state index contributed by atoms with van der Waals surface area (Å²) in [7, 11) is 0. The fourth-order valence-electron chi connectivity index (χ4n) is 3.22. The molecule has 2 aliphatic rings. The second kappa shape index (κ2) is 7.01. The molecular formula is C17H22BrN3O2. The zero-order chi connectivity index (χ0) is 16.4. The van der Waals surface area contributed by atoms with E-state index in [0.29, 0.717) is 13.0 Å². The highest BCUT2D eigenvalue weighted by molar-refractivity contribution is 9.10. The molecule has 2 fully saturated rings. The van der Waals surface area contributed by atoms with E-state index in [1.807, 2.05) is 25.1 Å². The van der Waals surface area contributed by atoms with Gasteiger partial charge in [0.2, 0.25) is 11.8 Å². The molecule has 0 bridgehead atoms. The predicted octanol–water partition coefficient (Wildman–Crippen LogP) is 1.98. The number of nitrogens with one attached hydrogen (secondary N) is 2. The summed E-state index contributed by atoms with van der Waals surface area (Å²) in [5, 5.41) is 6.38. The number of rotatable bonds is 3. The zero-order valence-corrected chi connectivity index (χ0v) is 14.9. The molecule has 1 aromatic carbocycles. The van der Waals surface area contributed by atoms with Gasteiger partial charge in [-0.05, 0) is 50.1 Å². The molecule has 124 valence electrons. The quantitative estimate of drug-likeness (QED) is 0.843. The first-order valence-electron chi connectivity index (χ1n) is 8.12. The molecule has 6 heteroatoms. The summed E-state index contributed by atoms with van der Waals surface area (Å²) >= 11 is 3.47. The van der Waals surface area contributed by atoms with E-state index in [1.54, 1.807) is 4.90 Å². The van der Waals surface area contributed by atoms with Crippen LogP contribution in [-0.2, 0) is 9.59 Å². The number of amides is 2. The van der Waals surface area contributed by atoms with Crippen LogP contribution in [0.3, 0.4) is 0 Å². The number of piperidine rings is 1. The van der Waals surface area contributed by atoms with Crippen molar-refractivity contribution in [3.05, 3.63) is 28.2 Å². The maximum atomic E-state index is 12.4. The molecule has 0 radical (unpaired) electrons. The van der Waals surface area contributed by atoms with Crippen molar-refractivity contribution in [2.24, 2.45) is 5.92 Å². The Hall–Kier alpha value is -1.40. The number of benzene rings is 1. The molecule has 2 atom stereocenters. The van der Waals surface area contributed by atoms with E-state index in [2.05, 4.69) is 26.6 Å². The number of anilines is 1. The predicted molar refractivity (Wildman–Crippen MR) is 93.4 cm³/mol. The second-order valence-electron chi connectivity index (χ2n) is 6.39. The molecule has 2 aliphatic heterocycles. The topological polar surface area (TPSA) is 61.4 Å². The Morgan fingerprint density at radius 1 is 1.43 bits per heavy atom. The van der Waals surface area contributed by atoms with Crippen LogP contribution in [0.4, 0.5) is 5.69 Å². The first-order valence-corrected chi connectivity index (χ1v) is 8.91. The normalized spacial score (nSPS) is 24.8. The van der Waals surface area contributed by atoms with Crippen LogP contribution in [0.5, 0.6) is 0 Å².